The number of ketones is 1. The first-order valence-electron chi connectivity index (χ1n) is 1.78. The maximum atomic E-state index is 10.1. The van der Waals surface area contributed by atoms with Crippen LogP contribution in [-0.2, 0) is 9.63 Å². The van der Waals surface area contributed by atoms with E-state index in [1.165, 1.54) is 0 Å². The summed E-state index contributed by atoms with van der Waals surface area (Å²) in [6, 6.07) is 0. The summed E-state index contributed by atoms with van der Waals surface area (Å²) >= 11 is 0. The van der Waals surface area contributed by atoms with Gasteiger partial charge in [0.15, 0.2) is 5.78 Å². The zero-order valence-corrected chi connectivity index (χ0v) is 3.89. The Bertz CT molecular complexity index is 79.8. The first kappa shape index (κ1) is 6.33. The Balaban J connectivity index is 3.17. The van der Waals surface area contributed by atoms with E-state index in [9.17, 15) is 4.79 Å². The van der Waals surface area contributed by atoms with E-state index in [4.69, 9.17) is 0 Å². The summed E-state index contributed by atoms with van der Waals surface area (Å²) in [4.78, 5) is 14.1. The zero-order chi connectivity index (χ0) is 5.70. The zero-order valence-electron chi connectivity index (χ0n) is 3.89. The summed E-state index contributed by atoms with van der Waals surface area (Å²) in [6.45, 7) is 3.11. The lowest BCUT2D eigenvalue weighted by Crippen LogP contribution is -2.08. The predicted molar refractivity (Wildman–Crippen MR) is 25.3 cm³/mol. The van der Waals surface area contributed by atoms with Crippen molar-refractivity contribution >= 4 is 5.78 Å². The molecule has 0 radical (unpaired) electrons. The van der Waals surface area contributed by atoms with E-state index in [1.807, 2.05) is 0 Å². The predicted octanol–water partition coefficient (Wildman–Crippen LogP) is -0.368. The van der Waals surface area contributed by atoms with Crippen molar-refractivity contribution in [3.8, 4) is 0 Å². The molecule has 0 amide bonds. The molecule has 0 unspecified atom stereocenters. The first-order chi connectivity index (χ1) is 3.31. The third kappa shape index (κ3) is 3.15. The van der Waals surface area contributed by atoms with E-state index in [2.05, 4.69) is 17.3 Å². The average molecular weight is 101 g/mol. The molecule has 0 saturated carbocycles. The lowest BCUT2D eigenvalue weighted by Gasteiger charge is -1.85. The van der Waals surface area contributed by atoms with Crippen molar-refractivity contribution in [1.82, 2.24) is 0 Å². The van der Waals surface area contributed by atoms with Gasteiger partial charge in [0, 0.05) is 0 Å². The second-order valence-electron chi connectivity index (χ2n) is 0.981. The minimum Gasteiger partial charge on any atom is -0.296 e. The van der Waals surface area contributed by atoms with Crippen molar-refractivity contribution in [1.29, 1.82) is 0 Å². The Kier molecular flexibility index (Phi) is 3.18. The maximum absolute atomic E-state index is 10.1. The highest BCUT2D eigenvalue weighted by atomic mass is 16.6. The Labute approximate surface area is 41.7 Å². The molecular weight excluding hydrogens is 94.0 g/mol. The molecule has 0 rings (SSSR count). The van der Waals surface area contributed by atoms with Crippen molar-refractivity contribution in [3.63, 3.8) is 0 Å². The molecule has 0 aliphatic carbocycles. The monoisotopic (exact) mass is 101 g/mol. The number of carbonyl (C=O) groups excluding carboxylic acids is 1. The van der Waals surface area contributed by atoms with Gasteiger partial charge in [0.2, 0.25) is 0 Å². The fourth-order valence-corrected chi connectivity index (χ4v) is 0.141. The Morgan fingerprint density at radius 2 is 2.57 bits per heavy atom. The molecule has 40 valence electrons. The summed E-state index contributed by atoms with van der Waals surface area (Å²) in [6.07, 6.45) is 1.16. The fraction of sp³-hybridized carbons (Fsp3) is 0.250. The number of carbonyl (C=O) groups is 1. The van der Waals surface area contributed by atoms with Crippen LogP contribution in [0.15, 0.2) is 12.7 Å². The van der Waals surface area contributed by atoms with Gasteiger partial charge in [-0.3, -0.25) is 9.63 Å². The largest absolute Gasteiger partial charge is 0.296 e. The van der Waals surface area contributed by atoms with Crippen molar-refractivity contribution < 1.29 is 9.63 Å². The van der Waals surface area contributed by atoms with Crippen LogP contribution in [0.1, 0.15) is 0 Å². The molecule has 7 heavy (non-hydrogen) atoms. The van der Waals surface area contributed by atoms with E-state index >= 15 is 0 Å². The van der Waals surface area contributed by atoms with Crippen LogP contribution in [0, 0.1) is 0 Å². The van der Waals surface area contributed by atoms with E-state index < -0.39 is 0 Å². The summed E-state index contributed by atoms with van der Waals surface area (Å²) in [5.74, 6) is 4.33. The van der Waals surface area contributed by atoms with Gasteiger partial charge in [-0.15, -0.1) is 0 Å². The van der Waals surface area contributed by atoms with Crippen LogP contribution in [0.25, 0.3) is 0 Å². The average Bonchev–Trinajstić information content (AvgIpc) is 1.68. The van der Waals surface area contributed by atoms with Crippen LogP contribution < -0.4 is 5.90 Å². The summed E-state index contributed by atoms with van der Waals surface area (Å²) in [5, 5.41) is 0. The number of hydrogen-bond donors (Lipinski definition) is 1. The SMILES string of the molecule is C=CC(=O)CON. The molecule has 2 N–H and O–H groups in total. The van der Waals surface area contributed by atoms with Crippen molar-refractivity contribution in [2.75, 3.05) is 6.61 Å². The highest BCUT2D eigenvalue weighted by Gasteiger charge is 1.88. The van der Waals surface area contributed by atoms with Crippen LogP contribution >= 0.6 is 0 Å². The molecule has 0 bridgehead atoms. The molecular formula is C4H7NO2. The molecule has 0 aliphatic heterocycles. The van der Waals surface area contributed by atoms with E-state index in [0.717, 1.165) is 6.08 Å². The molecule has 3 nitrogen and oxygen atoms in total. The van der Waals surface area contributed by atoms with Gasteiger partial charge in [-0.05, 0) is 6.08 Å². The lowest BCUT2D eigenvalue weighted by molar-refractivity contribution is -0.119. The quantitative estimate of drug-likeness (QED) is 0.390. The summed E-state index contributed by atoms with van der Waals surface area (Å²) in [5.41, 5.74) is 0. The van der Waals surface area contributed by atoms with Crippen LogP contribution in [0.2, 0.25) is 0 Å². The van der Waals surface area contributed by atoms with Gasteiger partial charge >= 0.3 is 0 Å². The van der Waals surface area contributed by atoms with Gasteiger partial charge < -0.3 is 0 Å². The van der Waals surface area contributed by atoms with Gasteiger partial charge in [0.05, 0.1) is 0 Å². The highest BCUT2D eigenvalue weighted by molar-refractivity contribution is 5.90. The molecule has 0 aliphatic rings. The van der Waals surface area contributed by atoms with Gasteiger partial charge in [-0.1, -0.05) is 6.58 Å². The van der Waals surface area contributed by atoms with Crippen LogP contribution in [0.3, 0.4) is 0 Å². The Morgan fingerprint density at radius 1 is 2.00 bits per heavy atom. The third-order valence-corrected chi connectivity index (χ3v) is 0.453. The fourth-order valence-electron chi connectivity index (χ4n) is 0.141. The number of rotatable bonds is 3. The molecule has 0 spiro atoms. The molecule has 0 aromatic carbocycles. The standard InChI is InChI=1S/C4H7NO2/c1-2-4(6)3-7-5/h2H,1,3,5H2. The molecule has 0 saturated heterocycles. The van der Waals surface area contributed by atoms with Crippen molar-refractivity contribution in [2.45, 2.75) is 0 Å². The maximum Gasteiger partial charge on any atom is 0.182 e. The van der Waals surface area contributed by atoms with Gasteiger partial charge in [-0.2, -0.15) is 0 Å². The highest BCUT2D eigenvalue weighted by Crippen LogP contribution is 1.69. The first-order valence-corrected chi connectivity index (χ1v) is 1.78. The summed E-state index contributed by atoms with van der Waals surface area (Å²) in [7, 11) is 0. The van der Waals surface area contributed by atoms with E-state index in [-0.39, 0.29) is 12.4 Å². The Hall–Kier alpha value is -0.670. The number of nitrogens with two attached hydrogens (primary N) is 1. The van der Waals surface area contributed by atoms with Gasteiger partial charge in [0.1, 0.15) is 6.61 Å². The van der Waals surface area contributed by atoms with Gasteiger partial charge in [-0.25, -0.2) is 5.90 Å². The summed E-state index contributed by atoms with van der Waals surface area (Å²) < 4.78 is 0. The molecule has 0 heterocycles. The Morgan fingerprint density at radius 3 is 2.71 bits per heavy atom. The smallest absolute Gasteiger partial charge is 0.182 e. The van der Waals surface area contributed by atoms with Crippen molar-refractivity contribution in [2.24, 2.45) is 5.90 Å². The molecule has 3 heteroatoms. The van der Waals surface area contributed by atoms with Gasteiger partial charge in [0.25, 0.3) is 0 Å². The molecule has 0 atom stereocenters. The molecule has 0 aromatic rings. The number of hydrogen-bond acceptors (Lipinski definition) is 3. The van der Waals surface area contributed by atoms with Crippen LogP contribution in [-0.4, -0.2) is 12.4 Å². The van der Waals surface area contributed by atoms with Crippen LogP contribution in [0.4, 0.5) is 0 Å². The van der Waals surface area contributed by atoms with Crippen LogP contribution in [0.5, 0.6) is 0 Å². The molecule has 0 aromatic heterocycles. The topological polar surface area (TPSA) is 52.3 Å². The normalized spacial score (nSPS) is 8.14. The lowest BCUT2D eigenvalue weighted by atomic mass is 10.4. The molecule has 0 fully saturated rings. The van der Waals surface area contributed by atoms with E-state index in [1.54, 1.807) is 0 Å². The second kappa shape index (κ2) is 3.52. The van der Waals surface area contributed by atoms with E-state index in [0.29, 0.717) is 0 Å². The minimum absolute atomic E-state index is 0.0799. The minimum atomic E-state index is -0.206. The second-order valence-corrected chi connectivity index (χ2v) is 0.981. The van der Waals surface area contributed by atoms with Crippen molar-refractivity contribution in [3.05, 3.63) is 12.7 Å². The third-order valence-electron chi connectivity index (χ3n) is 0.453.